The standard InChI is InChI=1S/C16H19ClN2O/c1-12(18)16(13-5-7-14(17)8-6-13)20-11-9-15-4-2-3-10-19-15/h2-8,10,12,16H,9,11,18H2,1H3. The largest absolute Gasteiger partial charge is 0.372 e. The van der Waals surface area contributed by atoms with Crippen molar-refractivity contribution >= 4 is 11.6 Å². The molecule has 2 atom stereocenters. The van der Waals surface area contributed by atoms with Crippen molar-refractivity contribution in [2.45, 2.75) is 25.5 Å². The van der Waals surface area contributed by atoms with Gasteiger partial charge in [-0.15, -0.1) is 0 Å². The first-order valence-electron chi connectivity index (χ1n) is 6.69. The molecule has 2 unspecified atom stereocenters. The zero-order valence-corrected chi connectivity index (χ0v) is 12.3. The van der Waals surface area contributed by atoms with Crippen molar-refractivity contribution in [3.63, 3.8) is 0 Å². The van der Waals surface area contributed by atoms with E-state index in [0.29, 0.717) is 11.6 Å². The molecule has 0 bridgehead atoms. The van der Waals surface area contributed by atoms with E-state index < -0.39 is 0 Å². The minimum absolute atomic E-state index is 0.0834. The molecule has 0 amide bonds. The third-order valence-electron chi connectivity index (χ3n) is 3.06. The summed E-state index contributed by atoms with van der Waals surface area (Å²) in [6.07, 6.45) is 2.44. The van der Waals surface area contributed by atoms with Gasteiger partial charge in [-0.3, -0.25) is 4.98 Å². The van der Waals surface area contributed by atoms with E-state index in [4.69, 9.17) is 22.1 Å². The molecule has 0 fully saturated rings. The normalized spacial score (nSPS) is 13.9. The molecule has 106 valence electrons. The molecule has 1 heterocycles. The summed E-state index contributed by atoms with van der Waals surface area (Å²) in [5.74, 6) is 0. The first-order valence-corrected chi connectivity index (χ1v) is 7.07. The summed E-state index contributed by atoms with van der Waals surface area (Å²) in [6, 6.07) is 13.4. The van der Waals surface area contributed by atoms with Gasteiger partial charge in [0.2, 0.25) is 0 Å². The Labute approximate surface area is 124 Å². The summed E-state index contributed by atoms with van der Waals surface area (Å²) in [5, 5.41) is 0.714. The second kappa shape index (κ2) is 7.39. The summed E-state index contributed by atoms with van der Waals surface area (Å²) in [6.45, 7) is 2.53. The highest BCUT2D eigenvalue weighted by Crippen LogP contribution is 2.22. The molecule has 0 aliphatic rings. The van der Waals surface area contributed by atoms with Crippen LogP contribution in [0.2, 0.25) is 5.02 Å². The van der Waals surface area contributed by atoms with Gasteiger partial charge < -0.3 is 10.5 Å². The first kappa shape index (κ1) is 15.0. The van der Waals surface area contributed by atoms with Crippen molar-refractivity contribution in [3.05, 3.63) is 64.9 Å². The zero-order valence-electron chi connectivity index (χ0n) is 11.5. The second-order valence-corrected chi connectivity index (χ2v) is 5.21. The highest BCUT2D eigenvalue weighted by atomic mass is 35.5. The maximum Gasteiger partial charge on any atom is 0.0973 e. The van der Waals surface area contributed by atoms with Gasteiger partial charge in [-0.05, 0) is 36.8 Å². The van der Waals surface area contributed by atoms with Crippen LogP contribution in [0.15, 0.2) is 48.7 Å². The Balaban J connectivity index is 1.94. The first-order chi connectivity index (χ1) is 9.66. The Hall–Kier alpha value is -1.42. The predicted octanol–water partition coefficient (Wildman–Crippen LogP) is 3.38. The van der Waals surface area contributed by atoms with Crippen molar-refractivity contribution in [1.29, 1.82) is 0 Å². The lowest BCUT2D eigenvalue weighted by Gasteiger charge is -2.22. The quantitative estimate of drug-likeness (QED) is 0.887. The van der Waals surface area contributed by atoms with Crippen molar-refractivity contribution in [1.82, 2.24) is 4.98 Å². The van der Waals surface area contributed by atoms with E-state index >= 15 is 0 Å². The van der Waals surface area contributed by atoms with Crippen molar-refractivity contribution in [2.24, 2.45) is 5.73 Å². The monoisotopic (exact) mass is 290 g/mol. The van der Waals surface area contributed by atoms with Gasteiger partial charge in [0.15, 0.2) is 0 Å². The molecule has 0 aliphatic carbocycles. The molecular weight excluding hydrogens is 272 g/mol. The Kier molecular flexibility index (Phi) is 5.53. The van der Waals surface area contributed by atoms with Gasteiger partial charge in [0.1, 0.15) is 0 Å². The highest BCUT2D eigenvalue weighted by Gasteiger charge is 2.16. The summed E-state index contributed by atoms with van der Waals surface area (Å²) in [7, 11) is 0. The lowest BCUT2D eigenvalue weighted by atomic mass is 10.0. The average molecular weight is 291 g/mol. The van der Waals surface area contributed by atoms with Crippen LogP contribution in [0.1, 0.15) is 24.3 Å². The molecular formula is C16H19ClN2O. The molecule has 0 saturated heterocycles. The number of hydrogen-bond acceptors (Lipinski definition) is 3. The topological polar surface area (TPSA) is 48.1 Å². The van der Waals surface area contributed by atoms with Gasteiger partial charge in [0, 0.05) is 29.4 Å². The van der Waals surface area contributed by atoms with Crippen LogP contribution in [0.5, 0.6) is 0 Å². The van der Waals surface area contributed by atoms with Crippen molar-refractivity contribution < 1.29 is 4.74 Å². The number of hydrogen-bond donors (Lipinski definition) is 1. The number of halogens is 1. The van der Waals surface area contributed by atoms with Gasteiger partial charge in [-0.1, -0.05) is 29.8 Å². The van der Waals surface area contributed by atoms with Crippen molar-refractivity contribution in [3.8, 4) is 0 Å². The molecule has 0 saturated carbocycles. The minimum Gasteiger partial charge on any atom is -0.372 e. The van der Waals surface area contributed by atoms with E-state index in [1.54, 1.807) is 6.20 Å². The van der Waals surface area contributed by atoms with Gasteiger partial charge in [-0.25, -0.2) is 0 Å². The molecule has 4 heteroatoms. The van der Waals surface area contributed by atoms with E-state index in [1.807, 2.05) is 49.4 Å². The molecule has 1 aromatic heterocycles. The van der Waals surface area contributed by atoms with Crippen LogP contribution in [0.25, 0.3) is 0 Å². The number of nitrogens with zero attached hydrogens (tertiary/aromatic N) is 1. The van der Waals surface area contributed by atoms with Gasteiger partial charge in [0.05, 0.1) is 12.7 Å². The highest BCUT2D eigenvalue weighted by molar-refractivity contribution is 6.30. The van der Waals surface area contributed by atoms with E-state index in [2.05, 4.69) is 4.98 Å². The van der Waals surface area contributed by atoms with Crippen molar-refractivity contribution in [2.75, 3.05) is 6.61 Å². The molecule has 2 rings (SSSR count). The minimum atomic E-state index is -0.129. The predicted molar refractivity (Wildman–Crippen MR) is 81.7 cm³/mol. The maximum absolute atomic E-state index is 6.01. The number of nitrogens with two attached hydrogens (primary N) is 1. The Morgan fingerprint density at radius 2 is 1.95 bits per heavy atom. The number of pyridine rings is 1. The number of benzene rings is 1. The summed E-state index contributed by atoms with van der Waals surface area (Å²) in [4.78, 5) is 4.28. The van der Waals surface area contributed by atoms with E-state index in [0.717, 1.165) is 17.7 Å². The smallest absolute Gasteiger partial charge is 0.0973 e. The fourth-order valence-electron chi connectivity index (χ4n) is 2.04. The Morgan fingerprint density at radius 1 is 1.20 bits per heavy atom. The van der Waals surface area contributed by atoms with E-state index in [1.165, 1.54) is 0 Å². The number of ether oxygens (including phenoxy) is 1. The lowest BCUT2D eigenvalue weighted by Crippen LogP contribution is -2.27. The molecule has 0 spiro atoms. The molecule has 2 N–H and O–H groups in total. The van der Waals surface area contributed by atoms with Gasteiger partial charge in [0.25, 0.3) is 0 Å². The van der Waals surface area contributed by atoms with Crippen LogP contribution in [0, 0.1) is 0 Å². The third kappa shape index (κ3) is 4.30. The van der Waals surface area contributed by atoms with Crippen LogP contribution in [0.4, 0.5) is 0 Å². The van der Waals surface area contributed by atoms with E-state index in [-0.39, 0.29) is 12.1 Å². The summed E-state index contributed by atoms with van der Waals surface area (Å²) in [5.41, 5.74) is 8.08. The van der Waals surface area contributed by atoms with Crippen LogP contribution in [0.3, 0.4) is 0 Å². The van der Waals surface area contributed by atoms with Crippen LogP contribution < -0.4 is 5.73 Å². The van der Waals surface area contributed by atoms with Gasteiger partial charge >= 0.3 is 0 Å². The number of aromatic nitrogens is 1. The molecule has 2 aromatic rings. The fourth-order valence-corrected chi connectivity index (χ4v) is 2.17. The van der Waals surface area contributed by atoms with Crippen LogP contribution in [-0.4, -0.2) is 17.6 Å². The third-order valence-corrected chi connectivity index (χ3v) is 3.31. The second-order valence-electron chi connectivity index (χ2n) is 4.77. The van der Waals surface area contributed by atoms with Crippen LogP contribution in [-0.2, 0) is 11.2 Å². The molecule has 3 nitrogen and oxygen atoms in total. The summed E-state index contributed by atoms with van der Waals surface area (Å²) < 4.78 is 5.93. The molecule has 0 aliphatic heterocycles. The van der Waals surface area contributed by atoms with Gasteiger partial charge in [-0.2, -0.15) is 0 Å². The molecule has 20 heavy (non-hydrogen) atoms. The SMILES string of the molecule is CC(N)C(OCCc1ccccn1)c1ccc(Cl)cc1. The van der Waals surface area contributed by atoms with Crippen LogP contribution >= 0.6 is 11.6 Å². The Morgan fingerprint density at radius 3 is 2.55 bits per heavy atom. The summed E-state index contributed by atoms with van der Waals surface area (Å²) >= 11 is 5.90. The number of rotatable bonds is 6. The fraction of sp³-hybridized carbons (Fsp3) is 0.312. The average Bonchev–Trinajstić information content (AvgIpc) is 2.46. The zero-order chi connectivity index (χ0) is 14.4. The Bertz CT molecular complexity index is 514. The molecule has 0 radical (unpaired) electrons. The van der Waals surface area contributed by atoms with E-state index in [9.17, 15) is 0 Å². The maximum atomic E-state index is 6.01. The lowest BCUT2D eigenvalue weighted by molar-refractivity contribution is 0.0400. The molecule has 1 aromatic carbocycles.